The maximum absolute atomic E-state index is 12.6. The Bertz CT molecular complexity index is 1580. The second-order valence-electron chi connectivity index (χ2n) is 10.2. The lowest BCUT2D eigenvalue weighted by Crippen LogP contribution is -2.42. The average Bonchev–Trinajstić information content (AvgIpc) is 3.30. The molecule has 9 nitrogen and oxygen atoms in total. The number of carbonyl (C=O) groups is 1. The van der Waals surface area contributed by atoms with Crippen LogP contribution in [0.25, 0.3) is 22.2 Å². The molecule has 1 fully saturated rings. The zero-order chi connectivity index (χ0) is 28.2. The number of benzene rings is 2. The van der Waals surface area contributed by atoms with Crippen molar-refractivity contribution in [1.82, 2.24) is 19.4 Å². The molecule has 0 bridgehead atoms. The summed E-state index contributed by atoms with van der Waals surface area (Å²) < 4.78 is 7.89. The van der Waals surface area contributed by atoms with Crippen LogP contribution in [-0.4, -0.2) is 65.7 Å². The first-order valence-electron chi connectivity index (χ1n) is 13.3. The van der Waals surface area contributed by atoms with Crippen LogP contribution in [0.5, 0.6) is 5.75 Å². The summed E-state index contributed by atoms with van der Waals surface area (Å²) in [6, 6.07) is 14.5. The minimum Gasteiger partial charge on any atom is -0.494 e. The first kappa shape index (κ1) is 27.0. The second-order valence-corrected chi connectivity index (χ2v) is 10.2. The highest BCUT2D eigenvalue weighted by Crippen LogP contribution is 2.39. The SMILES string of the molecule is C=C=CC(=O)Nc1cc(Nc2nccc(-c3cn(C)c4ccccc34)n2)c(OC)cc1N1CCC(N(C)C)CC1. The fraction of sp³-hybridized carbons (Fsp3) is 0.290. The number of aryl methyl sites for hydroxylation is 1. The van der Waals surface area contributed by atoms with Crippen LogP contribution in [0.2, 0.25) is 0 Å². The highest BCUT2D eigenvalue weighted by Gasteiger charge is 2.24. The molecule has 0 aliphatic carbocycles. The van der Waals surface area contributed by atoms with Crippen molar-refractivity contribution < 1.29 is 9.53 Å². The highest BCUT2D eigenvalue weighted by atomic mass is 16.5. The van der Waals surface area contributed by atoms with Crippen molar-refractivity contribution in [2.75, 3.05) is 49.8 Å². The monoisotopic (exact) mass is 537 g/mol. The standard InChI is InChI=1S/C31H35N7O2/c1-6-9-30(39)33-25-18-26(29(40-5)19-28(25)38-16-13-21(14-17-38)36(2)3)35-31-32-15-12-24(34-31)23-20-37(4)27-11-8-7-10-22(23)27/h7-12,15,18-21H,1,13-14,16-17H2,2-5H3,(H,33,39)(H,32,34,35). The van der Waals surface area contributed by atoms with Crippen molar-refractivity contribution in [2.45, 2.75) is 18.9 Å². The van der Waals surface area contributed by atoms with Gasteiger partial charge in [0.2, 0.25) is 5.95 Å². The topological polar surface area (TPSA) is 87.5 Å². The summed E-state index contributed by atoms with van der Waals surface area (Å²) in [5.41, 5.74) is 7.71. The van der Waals surface area contributed by atoms with E-state index in [1.165, 1.54) is 6.08 Å². The summed E-state index contributed by atoms with van der Waals surface area (Å²) in [5.74, 6) is 0.748. The molecule has 0 radical (unpaired) electrons. The summed E-state index contributed by atoms with van der Waals surface area (Å²) in [6.07, 6.45) is 7.16. The van der Waals surface area contributed by atoms with Gasteiger partial charge in [0, 0.05) is 67.2 Å². The van der Waals surface area contributed by atoms with E-state index in [-0.39, 0.29) is 5.91 Å². The van der Waals surface area contributed by atoms with Crippen molar-refractivity contribution in [1.29, 1.82) is 0 Å². The number of nitrogens with one attached hydrogen (secondary N) is 2. The molecule has 40 heavy (non-hydrogen) atoms. The predicted molar refractivity (Wildman–Crippen MR) is 161 cm³/mol. The number of piperidine rings is 1. The normalized spacial score (nSPS) is 13.8. The highest BCUT2D eigenvalue weighted by molar-refractivity contribution is 6.02. The van der Waals surface area contributed by atoms with E-state index >= 15 is 0 Å². The number of amides is 1. The van der Waals surface area contributed by atoms with Gasteiger partial charge in [-0.05, 0) is 45.1 Å². The van der Waals surface area contributed by atoms with Gasteiger partial charge in [-0.1, -0.05) is 24.8 Å². The van der Waals surface area contributed by atoms with Crippen LogP contribution in [0, 0.1) is 0 Å². The number of carbonyl (C=O) groups excluding carboxylic acids is 1. The molecular formula is C31H35N7O2. The van der Waals surface area contributed by atoms with Crippen molar-refractivity contribution in [3.8, 4) is 17.0 Å². The third-order valence-electron chi connectivity index (χ3n) is 7.42. The first-order chi connectivity index (χ1) is 19.4. The summed E-state index contributed by atoms with van der Waals surface area (Å²) >= 11 is 0. The Kier molecular flexibility index (Phi) is 7.86. The number of hydrogen-bond donors (Lipinski definition) is 2. The average molecular weight is 538 g/mol. The van der Waals surface area contributed by atoms with Gasteiger partial charge in [0.25, 0.3) is 5.91 Å². The molecule has 0 atom stereocenters. The Morgan fingerprint density at radius 2 is 1.95 bits per heavy atom. The third-order valence-corrected chi connectivity index (χ3v) is 7.42. The van der Waals surface area contributed by atoms with E-state index in [9.17, 15) is 4.79 Å². The van der Waals surface area contributed by atoms with Crippen LogP contribution in [0.3, 0.4) is 0 Å². The van der Waals surface area contributed by atoms with E-state index in [1.807, 2.05) is 37.4 Å². The van der Waals surface area contributed by atoms with E-state index in [0.29, 0.717) is 29.1 Å². The number of nitrogens with zero attached hydrogens (tertiary/aromatic N) is 5. The van der Waals surface area contributed by atoms with Gasteiger partial charge in [-0.2, -0.15) is 0 Å². The molecule has 0 spiro atoms. The van der Waals surface area contributed by atoms with Crippen molar-refractivity contribution in [2.24, 2.45) is 7.05 Å². The lowest BCUT2D eigenvalue weighted by Gasteiger charge is -2.37. The minimum absolute atomic E-state index is 0.301. The Morgan fingerprint density at radius 1 is 1.18 bits per heavy atom. The maximum Gasteiger partial charge on any atom is 0.256 e. The number of rotatable bonds is 8. The molecule has 2 N–H and O–H groups in total. The number of aromatic nitrogens is 3. The van der Waals surface area contributed by atoms with Gasteiger partial charge in [-0.15, -0.1) is 5.73 Å². The molecule has 1 amide bonds. The van der Waals surface area contributed by atoms with E-state index in [2.05, 4.69) is 74.7 Å². The van der Waals surface area contributed by atoms with E-state index in [4.69, 9.17) is 9.72 Å². The van der Waals surface area contributed by atoms with Crippen LogP contribution in [0.1, 0.15) is 12.8 Å². The van der Waals surface area contributed by atoms with Gasteiger partial charge in [-0.25, -0.2) is 9.97 Å². The lowest BCUT2D eigenvalue weighted by molar-refractivity contribution is -0.111. The molecule has 3 heterocycles. The van der Waals surface area contributed by atoms with Crippen LogP contribution >= 0.6 is 0 Å². The van der Waals surface area contributed by atoms with Gasteiger partial charge >= 0.3 is 0 Å². The Balaban J connectivity index is 1.49. The molecule has 2 aromatic heterocycles. The van der Waals surface area contributed by atoms with Crippen LogP contribution in [0.15, 0.2) is 73.2 Å². The number of methoxy groups -OCH3 is 1. The van der Waals surface area contributed by atoms with Gasteiger partial charge in [0.15, 0.2) is 0 Å². The molecule has 0 unspecified atom stereocenters. The molecule has 0 saturated carbocycles. The van der Waals surface area contributed by atoms with Crippen molar-refractivity contribution in [3.63, 3.8) is 0 Å². The minimum atomic E-state index is -0.301. The Hall–Kier alpha value is -4.59. The Morgan fingerprint density at radius 3 is 2.67 bits per heavy atom. The third kappa shape index (κ3) is 5.57. The number of hydrogen-bond acceptors (Lipinski definition) is 7. The number of anilines is 4. The van der Waals surface area contributed by atoms with Crippen LogP contribution in [-0.2, 0) is 11.8 Å². The van der Waals surface area contributed by atoms with Gasteiger partial charge in [-0.3, -0.25) is 4.79 Å². The quantitative estimate of drug-likeness (QED) is 0.236. The number of ether oxygens (including phenoxy) is 1. The largest absolute Gasteiger partial charge is 0.494 e. The summed E-state index contributed by atoms with van der Waals surface area (Å²) in [5, 5.41) is 7.43. The summed E-state index contributed by atoms with van der Waals surface area (Å²) in [7, 11) is 7.90. The molecule has 2 aromatic carbocycles. The number of para-hydroxylation sites is 1. The fourth-order valence-electron chi connectivity index (χ4n) is 5.32. The first-order valence-corrected chi connectivity index (χ1v) is 13.3. The van der Waals surface area contributed by atoms with Crippen LogP contribution < -0.4 is 20.3 Å². The van der Waals surface area contributed by atoms with Crippen molar-refractivity contribution >= 4 is 39.8 Å². The smallest absolute Gasteiger partial charge is 0.256 e. The van der Waals surface area contributed by atoms with E-state index < -0.39 is 0 Å². The van der Waals surface area contributed by atoms with Gasteiger partial charge < -0.3 is 29.7 Å². The molecule has 1 aliphatic rings. The van der Waals surface area contributed by atoms with Gasteiger partial charge in [0.05, 0.1) is 29.9 Å². The second kappa shape index (κ2) is 11.7. The van der Waals surface area contributed by atoms with Crippen molar-refractivity contribution in [3.05, 3.63) is 73.2 Å². The molecular weight excluding hydrogens is 502 g/mol. The molecule has 5 rings (SSSR count). The lowest BCUT2D eigenvalue weighted by atomic mass is 10.0. The maximum atomic E-state index is 12.6. The predicted octanol–water partition coefficient (Wildman–Crippen LogP) is 5.20. The molecule has 1 saturated heterocycles. The zero-order valence-corrected chi connectivity index (χ0v) is 23.4. The van der Waals surface area contributed by atoms with Crippen LogP contribution in [0.4, 0.5) is 23.0 Å². The summed E-state index contributed by atoms with van der Waals surface area (Å²) in [6.45, 7) is 5.27. The van der Waals surface area contributed by atoms with Gasteiger partial charge in [0.1, 0.15) is 5.75 Å². The van der Waals surface area contributed by atoms with E-state index in [0.717, 1.165) is 53.8 Å². The molecule has 9 heteroatoms. The number of fused-ring (bicyclic) bond motifs is 1. The Labute approximate surface area is 234 Å². The zero-order valence-electron chi connectivity index (χ0n) is 23.4. The molecule has 1 aliphatic heterocycles. The summed E-state index contributed by atoms with van der Waals surface area (Å²) in [4.78, 5) is 26.4. The van der Waals surface area contributed by atoms with E-state index in [1.54, 1.807) is 13.3 Å². The molecule has 4 aromatic rings. The molecule has 206 valence electrons. The fourth-order valence-corrected chi connectivity index (χ4v) is 5.32.